The molecule has 1 aromatic rings. The van der Waals surface area contributed by atoms with Gasteiger partial charge in [-0.25, -0.2) is 8.42 Å². The van der Waals surface area contributed by atoms with Crippen molar-refractivity contribution in [2.75, 3.05) is 6.54 Å². The molecule has 1 saturated carbocycles. The van der Waals surface area contributed by atoms with Gasteiger partial charge in [0.2, 0.25) is 11.7 Å². The second-order valence-electron chi connectivity index (χ2n) is 8.15. The number of carbonyl (C=O) groups is 1. The molecule has 1 aromatic carbocycles. The van der Waals surface area contributed by atoms with E-state index >= 15 is 0 Å². The molecule has 1 N–H and O–H groups in total. The fourth-order valence-corrected chi connectivity index (χ4v) is 5.67. The van der Waals surface area contributed by atoms with E-state index < -0.39 is 16.4 Å². The van der Waals surface area contributed by atoms with Crippen molar-refractivity contribution in [2.24, 2.45) is 5.92 Å². The van der Waals surface area contributed by atoms with Crippen molar-refractivity contribution in [1.29, 1.82) is 0 Å². The molecule has 1 aliphatic carbocycles. The fraction of sp³-hybridized carbons (Fsp3) is 0.524. The molecular formula is C21H25NO6S. The van der Waals surface area contributed by atoms with Gasteiger partial charge in [-0.3, -0.25) is 4.79 Å². The van der Waals surface area contributed by atoms with E-state index in [9.17, 15) is 22.9 Å². The highest BCUT2D eigenvalue weighted by atomic mass is 32.2. The third kappa shape index (κ3) is 3.53. The number of aliphatic hydroxyl groups is 1. The van der Waals surface area contributed by atoms with Crippen LogP contribution < -0.4 is 0 Å². The number of aryl methyl sites for hydroxylation is 1. The van der Waals surface area contributed by atoms with E-state index in [1.807, 2.05) is 13.3 Å². The summed E-state index contributed by atoms with van der Waals surface area (Å²) < 4.78 is 36.7. The minimum atomic E-state index is -4.27. The van der Waals surface area contributed by atoms with Crippen LogP contribution in [0.2, 0.25) is 0 Å². The number of aliphatic hydroxyl groups excluding tert-OH is 1. The average molecular weight is 419 g/mol. The van der Waals surface area contributed by atoms with E-state index in [-0.39, 0.29) is 10.4 Å². The molecule has 3 aliphatic heterocycles. The van der Waals surface area contributed by atoms with E-state index in [0.717, 1.165) is 42.7 Å². The van der Waals surface area contributed by atoms with Crippen LogP contribution in [0.3, 0.4) is 0 Å². The number of ether oxygens (including phenoxy) is 1. The van der Waals surface area contributed by atoms with Gasteiger partial charge in [0.15, 0.2) is 5.57 Å². The molecule has 1 spiro atoms. The van der Waals surface area contributed by atoms with Crippen LogP contribution in [0.25, 0.3) is 0 Å². The summed E-state index contributed by atoms with van der Waals surface area (Å²) in [6.45, 7) is 2.58. The number of carbonyl (C=O) groups excluding carboxylic acids is 1. The van der Waals surface area contributed by atoms with Crippen LogP contribution in [-0.4, -0.2) is 47.3 Å². The van der Waals surface area contributed by atoms with Crippen molar-refractivity contribution in [3.63, 3.8) is 0 Å². The Hall–Kier alpha value is -2.03. The van der Waals surface area contributed by atoms with E-state index in [1.54, 1.807) is 12.1 Å². The zero-order chi connectivity index (χ0) is 20.8. The van der Waals surface area contributed by atoms with E-state index in [2.05, 4.69) is 4.90 Å². The molecule has 8 heteroatoms. The molecule has 3 heterocycles. The third-order valence-corrected chi connectivity index (χ3v) is 7.30. The van der Waals surface area contributed by atoms with Crippen molar-refractivity contribution >= 4 is 16.0 Å². The first-order valence-corrected chi connectivity index (χ1v) is 11.4. The Labute approximate surface area is 171 Å². The molecule has 156 valence electrons. The van der Waals surface area contributed by atoms with Gasteiger partial charge >= 0.3 is 6.29 Å². The summed E-state index contributed by atoms with van der Waals surface area (Å²) in [6.07, 6.45) is 7.02. The van der Waals surface area contributed by atoms with Crippen LogP contribution in [0.15, 0.2) is 40.5 Å². The van der Waals surface area contributed by atoms with Crippen molar-refractivity contribution in [1.82, 2.24) is 4.90 Å². The van der Waals surface area contributed by atoms with Gasteiger partial charge in [-0.15, -0.1) is 0 Å². The van der Waals surface area contributed by atoms with Gasteiger partial charge in [-0.05, 0) is 37.8 Å². The highest BCUT2D eigenvalue weighted by Crippen LogP contribution is 2.55. The Morgan fingerprint density at radius 3 is 2.69 bits per heavy atom. The normalized spacial score (nSPS) is 30.4. The molecule has 2 fully saturated rings. The topological polar surface area (TPSA) is 107 Å². The van der Waals surface area contributed by atoms with Gasteiger partial charge in [-0.2, -0.15) is 0 Å². The van der Waals surface area contributed by atoms with Crippen LogP contribution >= 0.6 is 0 Å². The maximum absolute atomic E-state index is 12.2. The first kappa shape index (κ1) is 20.3. The summed E-state index contributed by atoms with van der Waals surface area (Å²) in [4.78, 5) is 14.1. The van der Waals surface area contributed by atoms with E-state index in [1.165, 1.54) is 25.0 Å². The number of hydrogen-bond donors (Lipinski definition) is 1. The summed E-state index contributed by atoms with van der Waals surface area (Å²) in [7, 11) is -4.27. The number of amides is 1. The summed E-state index contributed by atoms with van der Waals surface area (Å²) in [5, 5.41) is 9.71. The first-order valence-electron chi connectivity index (χ1n) is 9.98. The van der Waals surface area contributed by atoms with Crippen molar-refractivity contribution < 1.29 is 27.6 Å². The molecule has 0 bridgehead atoms. The average Bonchev–Trinajstić information content (AvgIpc) is 3.18. The molecule has 0 unspecified atom stereocenters. The van der Waals surface area contributed by atoms with Gasteiger partial charge in [0, 0.05) is 13.0 Å². The van der Waals surface area contributed by atoms with Gasteiger partial charge < -0.3 is 19.3 Å². The minimum Gasteiger partial charge on any atom is -0.744 e. The molecule has 0 radical (unpaired) electrons. The zero-order valence-corrected chi connectivity index (χ0v) is 17.2. The quantitative estimate of drug-likeness (QED) is 0.553. The highest BCUT2D eigenvalue weighted by molar-refractivity contribution is 7.85. The van der Waals surface area contributed by atoms with E-state index in [4.69, 9.17) is 4.74 Å². The molecular weight excluding hydrogens is 394 g/mol. The Morgan fingerprint density at radius 2 is 2.00 bits per heavy atom. The van der Waals surface area contributed by atoms with Crippen LogP contribution in [0.1, 0.15) is 44.1 Å². The summed E-state index contributed by atoms with van der Waals surface area (Å²) in [5.74, 6) is 1.65. The first-order chi connectivity index (χ1) is 13.7. The van der Waals surface area contributed by atoms with Crippen LogP contribution in [0.5, 0.6) is 0 Å². The summed E-state index contributed by atoms with van der Waals surface area (Å²) in [5.41, 5.74) is 1.91. The predicted octanol–water partition coefficient (Wildman–Crippen LogP) is 2.26. The van der Waals surface area contributed by atoms with Crippen LogP contribution in [0.4, 0.5) is 0 Å². The molecule has 1 saturated heterocycles. The fourth-order valence-electron chi connectivity index (χ4n) is 5.20. The van der Waals surface area contributed by atoms with Crippen LogP contribution in [0, 0.1) is 19.3 Å². The predicted molar refractivity (Wildman–Crippen MR) is 103 cm³/mol. The number of hydrogen-bond acceptors (Lipinski definition) is 6. The molecule has 5 rings (SSSR count). The molecule has 4 aliphatic rings. The Bertz CT molecular complexity index is 938. The van der Waals surface area contributed by atoms with Crippen molar-refractivity contribution in [2.45, 2.75) is 62.2 Å². The largest absolute Gasteiger partial charge is 0.744 e. The molecule has 0 aromatic heterocycles. The van der Waals surface area contributed by atoms with Gasteiger partial charge in [0.05, 0.1) is 11.3 Å². The Morgan fingerprint density at radius 1 is 1.28 bits per heavy atom. The van der Waals surface area contributed by atoms with E-state index in [0.29, 0.717) is 18.2 Å². The minimum absolute atomic E-state index is 0.138. The maximum atomic E-state index is 12.2. The lowest BCUT2D eigenvalue weighted by Gasteiger charge is -2.44. The van der Waals surface area contributed by atoms with Crippen molar-refractivity contribution in [3.05, 3.63) is 47.6 Å². The van der Waals surface area contributed by atoms with Crippen molar-refractivity contribution in [3.8, 4) is 0 Å². The standard InChI is InChI=1S/C14H18NO3.C7H8O3S/c16-12-7-9-3-1-2-5-14(9)10-8-13(17)18-11(10)4-6-15(12)14;1-6-2-4-7(5-3-6)11(8,9)10/h8-9,13,17H,1-7H2;2-5H,1H3,(H,8,9,10)/q+1;/p-1/t9-,13+,14-;/m0./s1. The Balaban J connectivity index is 0.000000161. The summed E-state index contributed by atoms with van der Waals surface area (Å²) >= 11 is 0. The maximum Gasteiger partial charge on any atom is 0.309 e. The molecule has 3 atom stereocenters. The second kappa shape index (κ2) is 7.34. The molecule has 7 nitrogen and oxygen atoms in total. The SMILES string of the molecule is Cc1ccc(S(=O)(=O)[O-])cc1.O=C1C[C@@H]2CCCC[C@@]23C2=C(CCN13)O[C@@H](O)[CH+]2. The highest BCUT2D eigenvalue weighted by Gasteiger charge is 2.64. The van der Waals surface area contributed by atoms with Gasteiger partial charge in [-0.1, -0.05) is 30.5 Å². The van der Waals surface area contributed by atoms with Crippen LogP contribution in [-0.2, 0) is 19.6 Å². The third-order valence-electron chi connectivity index (χ3n) is 6.45. The molecule has 29 heavy (non-hydrogen) atoms. The monoisotopic (exact) mass is 419 g/mol. The lowest BCUT2D eigenvalue weighted by molar-refractivity contribution is -0.131. The van der Waals surface area contributed by atoms with Gasteiger partial charge in [0.1, 0.15) is 22.1 Å². The summed E-state index contributed by atoms with van der Waals surface area (Å²) in [6, 6.07) is 5.78. The smallest absolute Gasteiger partial charge is 0.309 e. The lowest BCUT2D eigenvalue weighted by Crippen LogP contribution is -2.54. The number of rotatable bonds is 1. The Kier molecular flexibility index (Phi) is 5.13. The zero-order valence-electron chi connectivity index (χ0n) is 16.3. The second-order valence-corrected chi connectivity index (χ2v) is 9.53. The van der Waals surface area contributed by atoms with Gasteiger partial charge in [0.25, 0.3) is 0 Å². The molecule has 1 amide bonds. The number of nitrogens with zero attached hydrogens (tertiary/aromatic N) is 1. The number of benzene rings is 1. The lowest BCUT2D eigenvalue weighted by atomic mass is 9.67.